The van der Waals surface area contributed by atoms with Crippen molar-refractivity contribution in [1.29, 1.82) is 0 Å². The minimum absolute atomic E-state index is 0.111. The smallest absolute Gasteiger partial charge is 0.408 e. The van der Waals surface area contributed by atoms with Crippen molar-refractivity contribution in [3.8, 4) is 0 Å². The van der Waals surface area contributed by atoms with Crippen LogP contribution in [0.15, 0.2) is 30.3 Å². The fourth-order valence-electron chi connectivity index (χ4n) is 2.52. The maximum Gasteiger partial charge on any atom is 0.408 e. The van der Waals surface area contributed by atoms with Crippen LogP contribution in [0.4, 0.5) is 4.79 Å². The fourth-order valence-corrected chi connectivity index (χ4v) is 2.52. The van der Waals surface area contributed by atoms with E-state index in [2.05, 4.69) is 10.6 Å². The Morgan fingerprint density at radius 3 is 1.90 bits per heavy atom. The molecule has 0 bridgehead atoms. The van der Waals surface area contributed by atoms with Gasteiger partial charge in [-0.1, -0.05) is 30.3 Å². The van der Waals surface area contributed by atoms with Crippen LogP contribution in [-0.4, -0.2) is 52.3 Å². The quantitative estimate of drug-likeness (QED) is 0.533. The third kappa shape index (κ3) is 11.0. The predicted octanol–water partition coefficient (Wildman–Crippen LogP) is 2.42. The number of carbonyl (C=O) groups is 4. The van der Waals surface area contributed by atoms with E-state index < -0.39 is 53.6 Å². The summed E-state index contributed by atoms with van der Waals surface area (Å²) in [5.41, 5.74) is -0.887. The number of esters is 1. The number of hydrogen-bond acceptors (Lipinski definition) is 6. The Kier molecular flexibility index (Phi) is 9.02. The maximum absolute atomic E-state index is 12.9. The molecule has 9 nitrogen and oxygen atoms in total. The lowest BCUT2D eigenvalue weighted by Gasteiger charge is -2.26. The molecule has 2 amide bonds. The Balaban J connectivity index is 3.04. The molecule has 0 aliphatic rings. The molecular weight excluding hydrogens is 404 g/mol. The molecule has 1 aromatic carbocycles. The van der Waals surface area contributed by atoms with Crippen LogP contribution >= 0.6 is 0 Å². The van der Waals surface area contributed by atoms with E-state index in [1.165, 1.54) is 0 Å². The van der Waals surface area contributed by atoms with E-state index in [0.717, 1.165) is 5.56 Å². The van der Waals surface area contributed by atoms with Crippen molar-refractivity contribution in [2.24, 2.45) is 0 Å². The zero-order valence-corrected chi connectivity index (χ0v) is 18.9. The molecule has 3 N–H and O–H groups in total. The summed E-state index contributed by atoms with van der Waals surface area (Å²) < 4.78 is 10.4. The lowest BCUT2D eigenvalue weighted by Crippen LogP contribution is -2.54. The molecular formula is C22H32N2O7. The standard InChI is InChI=1S/C22H32N2O7/c1-21(2,3)30-19(28)16(13-17(25)26)23-18(27)15(12-14-10-8-7-9-11-14)24-20(29)31-22(4,5)6/h7-11,15-16H,12-13H2,1-6H3,(H,23,27)(H,24,29)(H,25,26)/t15-,16-/m1/s1. The van der Waals surface area contributed by atoms with Crippen LogP contribution < -0.4 is 10.6 Å². The molecule has 0 unspecified atom stereocenters. The molecule has 1 aromatic rings. The topological polar surface area (TPSA) is 131 Å². The zero-order chi connectivity index (χ0) is 23.8. The molecule has 0 aromatic heterocycles. The minimum atomic E-state index is -1.41. The van der Waals surface area contributed by atoms with E-state index in [1.54, 1.807) is 65.8 Å². The molecule has 1 rings (SSSR count). The van der Waals surface area contributed by atoms with Gasteiger partial charge < -0.3 is 25.2 Å². The van der Waals surface area contributed by atoms with E-state index in [0.29, 0.717) is 0 Å². The third-order valence-electron chi connectivity index (χ3n) is 3.68. The molecule has 9 heteroatoms. The molecule has 0 radical (unpaired) electrons. The van der Waals surface area contributed by atoms with Crippen LogP contribution in [0.5, 0.6) is 0 Å². The van der Waals surface area contributed by atoms with Gasteiger partial charge in [0.05, 0.1) is 6.42 Å². The number of hydrogen-bond donors (Lipinski definition) is 3. The number of carboxylic acid groups (broad SMARTS) is 1. The summed E-state index contributed by atoms with van der Waals surface area (Å²) in [6, 6.07) is 6.42. The van der Waals surface area contributed by atoms with Crippen LogP contribution in [0.2, 0.25) is 0 Å². The highest BCUT2D eigenvalue weighted by atomic mass is 16.6. The first kappa shape index (κ1) is 25.9. The molecule has 0 saturated heterocycles. The van der Waals surface area contributed by atoms with Gasteiger partial charge in [-0.15, -0.1) is 0 Å². The molecule has 0 saturated carbocycles. The van der Waals surface area contributed by atoms with Gasteiger partial charge in [0.2, 0.25) is 5.91 Å². The summed E-state index contributed by atoms with van der Waals surface area (Å²) in [6.07, 6.45) is -1.36. The van der Waals surface area contributed by atoms with Crippen LogP contribution in [0.1, 0.15) is 53.5 Å². The van der Waals surface area contributed by atoms with Crippen LogP contribution in [0.25, 0.3) is 0 Å². The van der Waals surface area contributed by atoms with Crippen molar-refractivity contribution < 1.29 is 33.8 Å². The number of carboxylic acids is 1. The van der Waals surface area contributed by atoms with Gasteiger partial charge in [0.25, 0.3) is 0 Å². The first-order valence-electron chi connectivity index (χ1n) is 9.95. The van der Waals surface area contributed by atoms with E-state index >= 15 is 0 Å². The van der Waals surface area contributed by atoms with Crippen molar-refractivity contribution in [2.75, 3.05) is 0 Å². The van der Waals surface area contributed by atoms with E-state index in [9.17, 15) is 19.2 Å². The lowest BCUT2D eigenvalue weighted by atomic mass is 10.0. The molecule has 172 valence electrons. The summed E-state index contributed by atoms with van der Waals surface area (Å²) in [7, 11) is 0. The summed E-state index contributed by atoms with van der Waals surface area (Å²) >= 11 is 0. The predicted molar refractivity (Wildman–Crippen MR) is 113 cm³/mol. The van der Waals surface area contributed by atoms with Gasteiger partial charge in [0, 0.05) is 6.42 Å². The van der Waals surface area contributed by atoms with Gasteiger partial charge in [-0.05, 0) is 47.1 Å². The number of alkyl carbamates (subject to hydrolysis) is 1. The number of amides is 2. The normalized spacial score (nSPS) is 13.5. The minimum Gasteiger partial charge on any atom is -0.481 e. The maximum atomic E-state index is 12.9. The molecule has 0 fully saturated rings. The Bertz CT molecular complexity index is 779. The summed E-state index contributed by atoms with van der Waals surface area (Å²) in [5.74, 6) is -2.89. The average Bonchev–Trinajstić information content (AvgIpc) is 2.58. The number of nitrogens with one attached hydrogen (secondary N) is 2. The average molecular weight is 437 g/mol. The summed E-state index contributed by atoms with van der Waals surface area (Å²) in [4.78, 5) is 48.8. The van der Waals surface area contributed by atoms with E-state index in [4.69, 9.17) is 14.6 Å². The SMILES string of the molecule is CC(C)(C)OC(=O)N[C@H](Cc1ccccc1)C(=O)N[C@H](CC(=O)O)C(=O)OC(C)(C)C. The highest BCUT2D eigenvalue weighted by molar-refractivity contribution is 5.91. The number of rotatable bonds is 8. The summed E-state index contributed by atoms with van der Waals surface area (Å²) in [5, 5.41) is 14.0. The number of ether oxygens (including phenoxy) is 2. The highest BCUT2D eigenvalue weighted by Gasteiger charge is 2.32. The highest BCUT2D eigenvalue weighted by Crippen LogP contribution is 2.12. The third-order valence-corrected chi connectivity index (χ3v) is 3.68. The zero-order valence-electron chi connectivity index (χ0n) is 18.9. The first-order chi connectivity index (χ1) is 14.2. The second-order valence-corrected chi connectivity index (χ2v) is 9.08. The van der Waals surface area contributed by atoms with Gasteiger partial charge in [0.15, 0.2) is 0 Å². The van der Waals surface area contributed by atoms with Crippen molar-refractivity contribution in [2.45, 2.75) is 77.7 Å². The summed E-state index contributed by atoms with van der Waals surface area (Å²) in [6.45, 7) is 9.95. The first-order valence-corrected chi connectivity index (χ1v) is 9.95. The van der Waals surface area contributed by atoms with Crippen LogP contribution in [0.3, 0.4) is 0 Å². The molecule has 0 spiro atoms. The van der Waals surface area contributed by atoms with Gasteiger partial charge in [-0.3, -0.25) is 9.59 Å². The fraction of sp³-hybridized carbons (Fsp3) is 0.545. The van der Waals surface area contributed by atoms with E-state index in [1.807, 2.05) is 6.07 Å². The molecule has 0 aliphatic carbocycles. The van der Waals surface area contributed by atoms with Crippen molar-refractivity contribution in [1.82, 2.24) is 10.6 Å². The van der Waals surface area contributed by atoms with Crippen molar-refractivity contribution >= 4 is 23.9 Å². The van der Waals surface area contributed by atoms with E-state index in [-0.39, 0.29) is 6.42 Å². The van der Waals surface area contributed by atoms with Gasteiger partial charge in [-0.25, -0.2) is 9.59 Å². The lowest BCUT2D eigenvalue weighted by molar-refractivity contribution is -0.161. The largest absolute Gasteiger partial charge is 0.481 e. The molecule has 2 atom stereocenters. The second-order valence-electron chi connectivity index (χ2n) is 9.08. The number of carbonyl (C=O) groups excluding carboxylic acids is 3. The van der Waals surface area contributed by atoms with Crippen molar-refractivity contribution in [3.05, 3.63) is 35.9 Å². The monoisotopic (exact) mass is 436 g/mol. The second kappa shape index (κ2) is 10.8. The molecule has 0 heterocycles. The van der Waals surface area contributed by atoms with Crippen LogP contribution in [-0.2, 0) is 30.3 Å². The molecule has 0 aliphatic heterocycles. The van der Waals surface area contributed by atoms with Gasteiger partial charge in [-0.2, -0.15) is 0 Å². The number of aliphatic carboxylic acids is 1. The van der Waals surface area contributed by atoms with Gasteiger partial charge in [0.1, 0.15) is 23.3 Å². The van der Waals surface area contributed by atoms with Gasteiger partial charge >= 0.3 is 18.0 Å². The van der Waals surface area contributed by atoms with Crippen LogP contribution in [0, 0.1) is 0 Å². The molecule has 31 heavy (non-hydrogen) atoms. The Hall–Kier alpha value is -3.10. The Morgan fingerprint density at radius 1 is 0.871 bits per heavy atom. The van der Waals surface area contributed by atoms with Crippen molar-refractivity contribution in [3.63, 3.8) is 0 Å². The Morgan fingerprint density at radius 2 is 1.42 bits per heavy atom. The Labute approximate surface area is 182 Å². The number of benzene rings is 1.